The summed E-state index contributed by atoms with van der Waals surface area (Å²) >= 11 is 1.36. The highest BCUT2D eigenvalue weighted by atomic mass is 32.1. The van der Waals surface area contributed by atoms with E-state index in [1.54, 1.807) is 0 Å². The summed E-state index contributed by atoms with van der Waals surface area (Å²) in [5, 5.41) is 11.0. The maximum absolute atomic E-state index is 12.4. The molecule has 1 aromatic heterocycles. The van der Waals surface area contributed by atoms with Crippen LogP contribution in [-0.4, -0.2) is 47.7 Å². The number of morpholine rings is 1. The van der Waals surface area contributed by atoms with Gasteiger partial charge in [-0.2, -0.15) is 0 Å². The monoisotopic (exact) mass is 269 g/mol. The molecule has 98 valence electrons. The van der Waals surface area contributed by atoms with E-state index in [9.17, 15) is 9.59 Å². The van der Waals surface area contributed by atoms with Gasteiger partial charge in [0.1, 0.15) is 0 Å². The molecule has 6 heteroatoms. The number of ether oxygens (including phenoxy) is 1. The molecule has 1 saturated heterocycles. The van der Waals surface area contributed by atoms with Gasteiger partial charge in [0.15, 0.2) is 6.04 Å². The summed E-state index contributed by atoms with van der Waals surface area (Å²) in [4.78, 5) is 25.5. The molecule has 1 atom stereocenters. The Hall–Kier alpha value is -1.40. The molecule has 0 bridgehead atoms. The third kappa shape index (κ3) is 2.39. The Morgan fingerprint density at radius 1 is 1.61 bits per heavy atom. The lowest BCUT2D eigenvalue weighted by Gasteiger charge is -2.32. The van der Waals surface area contributed by atoms with Gasteiger partial charge in [0, 0.05) is 6.54 Å². The molecule has 1 aromatic rings. The van der Waals surface area contributed by atoms with E-state index < -0.39 is 12.0 Å². The smallest absolute Gasteiger partial charge is 0.328 e. The highest BCUT2D eigenvalue weighted by Gasteiger charge is 2.34. The van der Waals surface area contributed by atoms with Gasteiger partial charge in [0.25, 0.3) is 5.91 Å². The first-order valence-corrected chi connectivity index (χ1v) is 6.71. The van der Waals surface area contributed by atoms with Crippen LogP contribution >= 0.6 is 11.3 Å². The second-order valence-corrected chi connectivity index (χ2v) is 4.97. The predicted octanol–water partition coefficient (Wildman–Crippen LogP) is 1.24. The van der Waals surface area contributed by atoms with Gasteiger partial charge in [-0.1, -0.05) is 6.92 Å². The quantitative estimate of drug-likeness (QED) is 0.896. The lowest BCUT2D eigenvalue weighted by molar-refractivity contribution is -0.147. The Morgan fingerprint density at radius 3 is 3.06 bits per heavy atom. The summed E-state index contributed by atoms with van der Waals surface area (Å²) in [6.45, 7) is 2.76. The highest BCUT2D eigenvalue weighted by molar-refractivity contribution is 7.12. The SMILES string of the molecule is CCc1ccsc1C(=O)N1CCOC[C@@H]1C(=O)O. The normalized spacial score (nSPS) is 19.8. The number of aryl methyl sites for hydroxylation is 1. The van der Waals surface area contributed by atoms with Gasteiger partial charge in [-0.15, -0.1) is 11.3 Å². The number of carbonyl (C=O) groups is 2. The van der Waals surface area contributed by atoms with E-state index in [-0.39, 0.29) is 12.5 Å². The number of amides is 1. The third-order valence-electron chi connectivity index (χ3n) is 3.00. The molecule has 0 aliphatic carbocycles. The van der Waals surface area contributed by atoms with Crippen LogP contribution < -0.4 is 0 Å². The Bertz CT molecular complexity index is 457. The van der Waals surface area contributed by atoms with Crippen LogP contribution in [0, 0.1) is 0 Å². The molecule has 0 radical (unpaired) electrons. The van der Waals surface area contributed by atoms with Crippen molar-refractivity contribution < 1.29 is 19.4 Å². The van der Waals surface area contributed by atoms with Crippen LogP contribution in [0.1, 0.15) is 22.2 Å². The van der Waals surface area contributed by atoms with E-state index in [0.29, 0.717) is 18.0 Å². The molecule has 1 aliphatic heterocycles. The first kappa shape index (κ1) is 13.0. The van der Waals surface area contributed by atoms with Crippen molar-refractivity contribution in [2.45, 2.75) is 19.4 Å². The number of carbonyl (C=O) groups excluding carboxylic acids is 1. The van der Waals surface area contributed by atoms with E-state index in [0.717, 1.165) is 12.0 Å². The lowest BCUT2D eigenvalue weighted by Crippen LogP contribution is -2.52. The molecule has 0 saturated carbocycles. The second kappa shape index (κ2) is 5.49. The molecule has 1 amide bonds. The molecule has 2 rings (SSSR count). The first-order chi connectivity index (χ1) is 8.65. The van der Waals surface area contributed by atoms with Crippen LogP contribution in [0.5, 0.6) is 0 Å². The molecular formula is C12H15NO4S. The van der Waals surface area contributed by atoms with E-state index in [4.69, 9.17) is 9.84 Å². The summed E-state index contributed by atoms with van der Waals surface area (Å²) in [5.74, 6) is -1.21. The van der Waals surface area contributed by atoms with Gasteiger partial charge >= 0.3 is 5.97 Å². The molecule has 5 nitrogen and oxygen atoms in total. The summed E-state index contributed by atoms with van der Waals surface area (Å²) in [5.41, 5.74) is 0.973. The Morgan fingerprint density at radius 2 is 2.39 bits per heavy atom. The zero-order valence-electron chi connectivity index (χ0n) is 10.1. The zero-order chi connectivity index (χ0) is 13.1. The minimum Gasteiger partial charge on any atom is -0.480 e. The van der Waals surface area contributed by atoms with E-state index in [2.05, 4.69) is 0 Å². The van der Waals surface area contributed by atoms with Crippen molar-refractivity contribution in [3.05, 3.63) is 21.9 Å². The van der Waals surface area contributed by atoms with Gasteiger partial charge in [-0.3, -0.25) is 4.79 Å². The number of rotatable bonds is 3. The summed E-state index contributed by atoms with van der Waals surface area (Å²) < 4.78 is 5.13. The Balaban J connectivity index is 2.23. The number of carboxylic acids is 1. The van der Waals surface area contributed by atoms with E-state index >= 15 is 0 Å². The standard InChI is InChI=1S/C12H15NO4S/c1-2-8-3-6-18-10(8)11(14)13-4-5-17-7-9(13)12(15)16/h3,6,9H,2,4-5,7H2,1H3,(H,15,16)/t9-/m1/s1. The average molecular weight is 269 g/mol. The number of thiophene rings is 1. The fourth-order valence-electron chi connectivity index (χ4n) is 1.98. The molecule has 0 aromatic carbocycles. The summed E-state index contributed by atoms with van der Waals surface area (Å²) in [7, 11) is 0. The minimum absolute atomic E-state index is 0.0634. The van der Waals surface area contributed by atoms with E-state index in [1.807, 2.05) is 18.4 Å². The number of hydrogen-bond donors (Lipinski definition) is 1. The molecule has 1 aliphatic rings. The van der Waals surface area contributed by atoms with Crippen LogP contribution in [-0.2, 0) is 16.0 Å². The number of nitrogens with zero attached hydrogens (tertiary/aromatic N) is 1. The maximum Gasteiger partial charge on any atom is 0.328 e. The molecule has 1 fully saturated rings. The average Bonchev–Trinajstić information content (AvgIpc) is 2.86. The van der Waals surface area contributed by atoms with Crippen molar-refractivity contribution >= 4 is 23.2 Å². The Kier molecular flexibility index (Phi) is 3.98. The van der Waals surface area contributed by atoms with Crippen molar-refractivity contribution in [3.8, 4) is 0 Å². The fourth-order valence-corrected chi connectivity index (χ4v) is 2.93. The van der Waals surface area contributed by atoms with Crippen LogP contribution in [0.25, 0.3) is 0 Å². The van der Waals surface area contributed by atoms with Crippen LogP contribution in [0.15, 0.2) is 11.4 Å². The van der Waals surface area contributed by atoms with Crippen molar-refractivity contribution in [2.24, 2.45) is 0 Å². The predicted molar refractivity (Wildman–Crippen MR) is 67.0 cm³/mol. The molecule has 1 N–H and O–H groups in total. The first-order valence-electron chi connectivity index (χ1n) is 5.83. The van der Waals surface area contributed by atoms with E-state index in [1.165, 1.54) is 16.2 Å². The molecular weight excluding hydrogens is 254 g/mol. The lowest BCUT2D eigenvalue weighted by atomic mass is 10.1. The van der Waals surface area contributed by atoms with Crippen LogP contribution in [0.4, 0.5) is 0 Å². The van der Waals surface area contributed by atoms with Gasteiger partial charge in [0.05, 0.1) is 18.1 Å². The van der Waals surface area contributed by atoms with Gasteiger partial charge < -0.3 is 14.7 Å². The van der Waals surface area contributed by atoms with Crippen molar-refractivity contribution in [2.75, 3.05) is 19.8 Å². The molecule has 2 heterocycles. The van der Waals surface area contributed by atoms with Crippen molar-refractivity contribution in [3.63, 3.8) is 0 Å². The second-order valence-electron chi connectivity index (χ2n) is 4.06. The summed E-state index contributed by atoms with van der Waals surface area (Å²) in [6, 6.07) is 1.03. The minimum atomic E-state index is -1.02. The van der Waals surface area contributed by atoms with Crippen LogP contribution in [0.3, 0.4) is 0 Å². The van der Waals surface area contributed by atoms with Gasteiger partial charge in [-0.25, -0.2) is 4.79 Å². The number of carboxylic acid groups (broad SMARTS) is 1. The Labute approximate surface area is 109 Å². The molecule has 0 spiro atoms. The molecule has 0 unspecified atom stereocenters. The van der Waals surface area contributed by atoms with Crippen molar-refractivity contribution in [1.29, 1.82) is 0 Å². The number of hydrogen-bond acceptors (Lipinski definition) is 4. The highest BCUT2D eigenvalue weighted by Crippen LogP contribution is 2.21. The topological polar surface area (TPSA) is 66.8 Å². The van der Waals surface area contributed by atoms with Crippen LogP contribution in [0.2, 0.25) is 0 Å². The molecule has 18 heavy (non-hydrogen) atoms. The summed E-state index contributed by atoms with van der Waals surface area (Å²) in [6.07, 6.45) is 0.770. The van der Waals surface area contributed by atoms with Crippen molar-refractivity contribution in [1.82, 2.24) is 4.90 Å². The van der Waals surface area contributed by atoms with Gasteiger partial charge in [-0.05, 0) is 23.4 Å². The zero-order valence-corrected chi connectivity index (χ0v) is 10.9. The maximum atomic E-state index is 12.4. The largest absolute Gasteiger partial charge is 0.480 e. The third-order valence-corrected chi connectivity index (χ3v) is 3.94. The van der Waals surface area contributed by atoms with Gasteiger partial charge in [0.2, 0.25) is 0 Å². The fraction of sp³-hybridized carbons (Fsp3) is 0.500. The number of aliphatic carboxylic acids is 1.